The predicted octanol–water partition coefficient (Wildman–Crippen LogP) is 6.31. The summed E-state index contributed by atoms with van der Waals surface area (Å²) in [7, 11) is 0. The normalized spacial score (nSPS) is 7.69. The standard InChI is InChI=1S/C6H12.2C5H10/c1-3-5-6-4-2;2*1-3-5-4-2/h3H,1,4-6H2,2H3;2*3H,1,4-5H2,2H3. The molecule has 0 aromatic carbocycles. The second-order valence-corrected chi connectivity index (χ2v) is 3.59. The SMILES string of the molecule is C=CCCC.C=CCCC.C=CCCCC. The molecule has 0 heteroatoms. The quantitative estimate of drug-likeness (QED) is 0.351. The van der Waals surface area contributed by atoms with E-state index < -0.39 is 0 Å². The summed E-state index contributed by atoms with van der Waals surface area (Å²) < 4.78 is 0. The van der Waals surface area contributed by atoms with Crippen LogP contribution in [0.2, 0.25) is 0 Å². The van der Waals surface area contributed by atoms with E-state index in [-0.39, 0.29) is 0 Å². The monoisotopic (exact) mass is 224 g/mol. The van der Waals surface area contributed by atoms with Gasteiger partial charge < -0.3 is 0 Å². The van der Waals surface area contributed by atoms with Crippen LogP contribution >= 0.6 is 0 Å². The molecule has 16 heavy (non-hydrogen) atoms. The molecule has 0 amide bonds. The molecule has 0 fully saturated rings. The smallest absolute Gasteiger partial charge is 0.0354 e. The number of allylic oxidation sites excluding steroid dienone is 3. The lowest BCUT2D eigenvalue weighted by Crippen LogP contribution is -1.61. The molecule has 0 aliphatic carbocycles. The van der Waals surface area contributed by atoms with E-state index in [0.717, 1.165) is 12.8 Å². The Labute approximate surface area is 104 Å². The first-order valence-electron chi connectivity index (χ1n) is 6.57. The lowest BCUT2D eigenvalue weighted by molar-refractivity contribution is 0.816. The second-order valence-electron chi connectivity index (χ2n) is 3.59. The molecule has 0 radical (unpaired) electrons. The molecule has 0 unspecified atom stereocenters. The lowest BCUT2D eigenvalue weighted by atomic mass is 10.3. The summed E-state index contributed by atoms with van der Waals surface area (Å²) in [6.07, 6.45) is 14.3. The maximum Gasteiger partial charge on any atom is -0.0354 e. The van der Waals surface area contributed by atoms with Crippen molar-refractivity contribution in [2.24, 2.45) is 0 Å². The number of rotatable bonds is 7. The highest BCUT2D eigenvalue weighted by Gasteiger charge is 1.71. The number of hydrogen-bond donors (Lipinski definition) is 0. The van der Waals surface area contributed by atoms with Gasteiger partial charge in [0.2, 0.25) is 0 Å². The van der Waals surface area contributed by atoms with Gasteiger partial charge in [-0.05, 0) is 19.3 Å². The van der Waals surface area contributed by atoms with Crippen LogP contribution in [0.15, 0.2) is 38.0 Å². The van der Waals surface area contributed by atoms with Crippen molar-refractivity contribution < 1.29 is 0 Å². The topological polar surface area (TPSA) is 0 Å². The zero-order chi connectivity index (χ0) is 13.1. The first-order chi connectivity index (χ1) is 7.74. The first-order valence-corrected chi connectivity index (χ1v) is 6.57. The van der Waals surface area contributed by atoms with E-state index in [1.165, 1.54) is 32.1 Å². The molecular formula is C16H32. The van der Waals surface area contributed by atoms with Gasteiger partial charge in [-0.2, -0.15) is 0 Å². The Morgan fingerprint density at radius 1 is 0.625 bits per heavy atom. The van der Waals surface area contributed by atoms with Gasteiger partial charge in [-0.15, -0.1) is 19.7 Å². The summed E-state index contributed by atoms with van der Waals surface area (Å²) in [5.74, 6) is 0. The third-order valence-electron chi connectivity index (χ3n) is 1.75. The summed E-state index contributed by atoms with van der Waals surface area (Å²) in [6, 6.07) is 0. The van der Waals surface area contributed by atoms with Crippen molar-refractivity contribution in [1.82, 2.24) is 0 Å². The maximum absolute atomic E-state index is 3.60. The van der Waals surface area contributed by atoms with Crippen LogP contribution in [-0.2, 0) is 0 Å². The molecular weight excluding hydrogens is 192 g/mol. The molecule has 0 nitrogen and oxygen atoms in total. The van der Waals surface area contributed by atoms with Crippen LogP contribution in [0.25, 0.3) is 0 Å². The summed E-state index contributed by atoms with van der Waals surface area (Å²) in [6.45, 7) is 17.2. The van der Waals surface area contributed by atoms with Crippen molar-refractivity contribution in [3.8, 4) is 0 Å². The Morgan fingerprint density at radius 3 is 1.06 bits per heavy atom. The van der Waals surface area contributed by atoms with Crippen molar-refractivity contribution in [3.63, 3.8) is 0 Å². The van der Waals surface area contributed by atoms with Crippen molar-refractivity contribution >= 4 is 0 Å². The molecule has 0 aliphatic heterocycles. The van der Waals surface area contributed by atoms with Crippen LogP contribution in [0, 0.1) is 0 Å². The van der Waals surface area contributed by atoms with E-state index in [1.54, 1.807) is 0 Å². The second kappa shape index (κ2) is 29.2. The van der Waals surface area contributed by atoms with E-state index in [0.29, 0.717) is 0 Å². The molecule has 0 aromatic heterocycles. The van der Waals surface area contributed by atoms with Gasteiger partial charge in [-0.25, -0.2) is 0 Å². The van der Waals surface area contributed by atoms with Gasteiger partial charge in [0.25, 0.3) is 0 Å². The Balaban J connectivity index is -0.000000160. The maximum atomic E-state index is 3.60. The number of hydrogen-bond acceptors (Lipinski definition) is 0. The highest BCUT2D eigenvalue weighted by atomic mass is 13.8. The zero-order valence-corrected chi connectivity index (χ0v) is 11.8. The van der Waals surface area contributed by atoms with Crippen LogP contribution in [-0.4, -0.2) is 0 Å². The van der Waals surface area contributed by atoms with Gasteiger partial charge in [0.15, 0.2) is 0 Å². The molecule has 0 atom stereocenters. The molecule has 96 valence electrons. The van der Waals surface area contributed by atoms with Crippen LogP contribution in [0.3, 0.4) is 0 Å². The molecule has 0 aliphatic rings. The van der Waals surface area contributed by atoms with Gasteiger partial charge in [0.05, 0.1) is 0 Å². The van der Waals surface area contributed by atoms with Crippen molar-refractivity contribution in [3.05, 3.63) is 38.0 Å². The summed E-state index contributed by atoms with van der Waals surface area (Å²) >= 11 is 0. The predicted molar refractivity (Wildman–Crippen MR) is 79.9 cm³/mol. The number of unbranched alkanes of at least 4 members (excludes halogenated alkanes) is 4. The van der Waals surface area contributed by atoms with Crippen LogP contribution in [0.4, 0.5) is 0 Å². The molecule has 0 N–H and O–H groups in total. The fraction of sp³-hybridized carbons (Fsp3) is 0.625. The summed E-state index contributed by atoms with van der Waals surface area (Å²) in [5, 5.41) is 0. The van der Waals surface area contributed by atoms with Crippen LogP contribution in [0.5, 0.6) is 0 Å². The van der Waals surface area contributed by atoms with E-state index in [2.05, 4.69) is 40.5 Å². The van der Waals surface area contributed by atoms with Gasteiger partial charge in [0.1, 0.15) is 0 Å². The van der Waals surface area contributed by atoms with E-state index in [1.807, 2.05) is 18.2 Å². The molecule has 0 saturated heterocycles. The van der Waals surface area contributed by atoms with Gasteiger partial charge >= 0.3 is 0 Å². The largest absolute Gasteiger partial charge is 0.103 e. The van der Waals surface area contributed by atoms with Gasteiger partial charge in [-0.1, -0.05) is 64.7 Å². The van der Waals surface area contributed by atoms with Gasteiger partial charge in [0, 0.05) is 0 Å². The Kier molecular flexibility index (Phi) is 37.7. The molecule has 0 rings (SSSR count). The summed E-state index contributed by atoms with van der Waals surface area (Å²) in [4.78, 5) is 0. The average Bonchev–Trinajstić information content (AvgIpc) is 2.30. The summed E-state index contributed by atoms with van der Waals surface area (Å²) in [5.41, 5.74) is 0. The highest BCUT2D eigenvalue weighted by molar-refractivity contribution is 4.64. The van der Waals surface area contributed by atoms with Crippen LogP contribution < -0.4 is 0 Å². The third-order valence-corrected chi connectivity index (χ3v) is 1.75. The minimum Gasteiger partial charge on any atom is -0.103 e. The molecule has 0 saturated carbocycles. The van der Waals surface area contributed by atoms with E-state index in [9.17, 15) is 0 Å². The molecule has 0 bridgehead atoms. The lowest BCUT2D eigenvalue weighted by Gasteiger charge is -1.81. The van der Waals surface area contributed by atoms with Crippen molar-refractivity contribution in [2.45, 2.75) is 65.7 Å². The fourth-order valence-corrected chi connectivity index (χ4v) is 0.757. The van der Waals surface area contributed by atoms with Crippen molar-refractivity contribution in [1.29, 1.82) is 0 Å². The van der Waals surface area contributed by atoms with Crippen molar-refractivity contribution in [2.75, 3.05) is 0 Å². The first kappa shape index (κ1) is 20.6. The highest BCUT2D eigenvalue weighted by Crippen LogP contribution is 1.91. The van der Waals surface area contributed by atoms with Crippen LogP contribution in [0.1, 0.15) is 65.7 Å². The van der Waals surface area contributed by atoms with E-state index >= 15 is 0 Å². The van der Waals surface area contributed by atoms with E-state index in [4.69, 9.17) is 0 Å². The van der Waals surface area contributed by atoms with Gasteiger partial charge in [-0.3, -0.25) is 0 Å². The molecule has 0 heterocycles. The minimum atomic E-state index is 1.15. The Hall–Kier alpha value is -0.780. The third kappa shape index (κ3) is 51.0. The zero-order valence-electron chi connectivity index (χ0n) is 11.8. The fourth-order valence-electron chi connectivity index (χ4n) is 0.757. The average molecular weight is 224 g/mol. The Morgan fingerprint density at radius 2 is 1.00 bits per heavy atom. The Bertz CT molecular complexity index is 112. The molecule has 0 spiro atoms. The molecule has 0 aromatic rings. The minimum absolute atomic E-state index is 1.15.